The van der Waals surface area contributed by atoms with Gasteiger partial charge in [-0.1, -0.05) is 72.8 Å². The summed E-state index contributed by atoms with van der Waals surface area (Å²) in [5, 5.41) is 0. The molecule has 0 saturated carbocycles. The van der Waals surface area contributed by atoms with E-state index in [1.165, 1.54) is 0 Å². The molecule has 2 aromatic rings. The molecule has 1 radical (unpaired) electrons. The zero-order valence-corrected chi connectivity index (χ0v) is 12.8. The molecule has 0 nitrogen and oxygen atoms in total. The Morgan fingerprint density at radius 3 is 0.450 bits per heavy atom. The summed E-state index contributed by atoms with van der Waals surface area (Å²) in [5.41, 5.74) is 0. The van der Waals surface area contributed by atoms with E-state index in [0.29, 0.717) is 0 Å². The average Bonchev–Trinajstić information content (AvgIpc) is 2.30. The van der Waals surface area contributed by atoms with E-state index in [1.54, 1.807) is 0 Å². The Morgan fingerprint density at radius 1 is 0.350 bits per heavy atom. The number of hydrogen-bond donors (Lipinski definition) is 0. The molecule has 0 aliphatic carbocycles. The zero-order valence-electron chi connectivity index (χ0n) is 10.0. The standard InChI is InChI=1S/2C6H6.F6P.Tc/c2*1-2-4-6-5-3-1;1-7(2,3,4,5)6;/h2*1-6H;;/q;;-1;. The zero-order chi connectivity index (χ0) is 14.9. The molecule has 0 aliphatic heterocycles. The van der Waals surface area contributed by atoms with Gasteiger partial charge < -0.3 is 0 Å². The molecule has 0 atom stereocenters. The molecule has 0 aromatic heterocycles. The van der Waals surface area contributed by atoms with Gasteiger partial charge in [-0.05, 0) is 0 Å². The smallest absolute Gasteiger partial charge is 0 e. The first-order valence-corrected chi connectivity index (χ1v) is 7.04. The van der Waals surface area contributed by atoms with E-state index in [1.807, 2.05) is 72.8 Å². The average molecular weight is 399 g/mol. The normalized spacial score (nSPS) is 12.9. The molecule has 2 aromatic carbocycles. The van der Waals surface area contributed by atoms with Crippen LogP contribution in [-0.2, 0) is 20.1 Å². The molecule has 0 aliphatic rings. The first-order chi connectivity index (χ1) is 8.45. The molecule has 0 saturated heterocycles. The van der Waals surface area contributed by atoms with E-state index in [0.717, 1.165) is 0 Å². The first-order valence-electron chi connectivity index (χ1n) is 5.01. The van der Waals surface area contributed by atoms with Crippen LogP contribution in [0.3, 0.4) is 0 Å². The quantitative estimate of drug-likeness (QED) is 0.340. The molecule has 8 heteroatoms. The molecular formula is C12H12F6PTc-. The topological polar surface area (TPSA) is 0 Å². The summed E-state index contributed by atoms with van der Waals surface area (Å²) >= 11 is 0. The number of benzene rings is 2. The van der Waals surface area contributed by atoms with Crippen molar-refractivity contribution in [3.8, 4) is 0 Å². The van der Waals surface area contributed by atoms with Crippen LogP contribution >= 0.6 is 7.81 Å². The maximum atomic E-state index is 9.87. The molecule has 20 heavy (non-hydrogen) atoms. The summed E-state index contributed by atoms with van der Waals surface area (Å²) in [7, 11) is -10.7. The minimum Gasteiger partial charge on any atom is -0.0623 e. The van der Waals surface area contributed by atoms with Crippen LogP contribution in [0.1, 0.15) is 0 Å². The molecule has 0 fully saturated rings. The predicted molar refractivity (Wildman–Crippen MR) is 66.5 cm³/mol. The summed E-state index contributed by atoms with van der Waals surface area (Å²) in [6.07, 6.45) is 0. The summed E-state index contributed by atoms with van der Waals surface area (Å²) < 4.78 is 59.2. The number of halogens is 6. The molecule has 0 spiro atoms. The number of rotatable bonds is 0. The van der Waals surface area contributed by atoms with Crippen molar-refractivity contribution in [2.24, 2.45) is 0 Å². The molecule has 2 rings (SSSR count). The fourth-order valence-corrected chi connectivity index (χ4v) is 0.770. The van der Waals surface area contributed by atoms with Gasteiger partial charge in [0.05, 0.1) is 0 Å². The fourth-order valence-electron chi connectivity index (χ4n) is 0.770. The van der Waals surface area contributed by atoms with Crippen molar-refractivity contribution in [2.45, 2.75) is 0 Å². The minimum absolute atomic E-state index is 0. The van der Waals surface area contributed by atoms with E-state index in [2.05, 4.69) is 0 Å². The van der Waals surface area contributed by atoms with Gasteiger partial charge in [0, 0.05) is 20.1 Å². The molecule has 0 bridgehead atoms. The van der Waals surface area contributed by atoms with Crippen molar-refractivity contribution in [3.63, 3.8) is 0 Å². The molecule has 0 unspecified atom stereocenters. The van der Waals surface area contributed by atoms with E-state index in [-0.39, 0.29) is 20.1 Å². The number of hydrogen-bond acceptors (Lipinski definition) is 0. The van der Waals surface area contributed by atoms with Gasteiger partial charge in [-0.25, -0.2) is 0 Å². The maximum Gasteiger partial charge on any atom is 0 e. The summed E-state index contributed by atoms with van der Waals surface area (Å²) in [4.78, 5) is 0. The minimum atomic E-state index is -10.7. The second-order valence-electron chi connectivity index (χ2n) is 3.27. The summed E-state index contributed by atoms with van der Waals surface area (Å²) in [5.74, 6) is 0. The Bertz CT molecular complexity index is 346. The van der Waals surface area contributed by atoms with Crippen molar-refractivity contribution in [3.05, 3.63) is 72.8 Å². The van der Waals surface area contributed by atoms with Crippen molar-refractivity contribution in [1.82, 2.24) is 0 Å². The molecule has 0 heterocycles. The third-order valence-corrected chi connectivity index (χ3v) is 1.33. The van der Waals surface area contributed by atoms with Crippen molar-refractivity contribution < 1.29 is 45.3 Å². The Morgan fingerprint density at radius 2 is 0.400 bits per heavy atom. The summed E-state index contributed by atoms with van der Waals surface area (Å²) in [6.45, 7) is 0. The van der Waals surface area contributed by atoms with Crippen LogP contribution in [0.15, 0.2) is 72.8 Å². The molecule has 0 N–H and O–H groups in total. The van der Waals surface area contributed by atoms with Gasteiger partial charge in [-0.2, -0.15) is 0 Å². The SMILES string of the molecule is F[P-](F)(F)(F)(F)F.[Tc].c1ccccc1.c1ccccc1. The maximum absolute atomic E-state index is 10.7. The Balaban J connectivity index is 0. The molecule has 0 amide bonds. The monoisotopic (exact) mass is 398 g/mol. The van der Waals surface area contributed by atoms with Crippen LogP contribution in [0, 0.1) is 0 Å². The van der Waals surface area contributed by atoms with E-state index in [9.17, 15) is 25.2 Å². The van der Waals surface area contributed by atoms with Gasteiger partial charge in [0.15, 0.2) is 0 Å². The van der Waals surface area contributed by atoms with Gasteiger partial charge in [0.1, 0.15) is 0 Å². The second kappa shape index (κ2) is 7.77. The van der Waals surface area contributed by atoms with Crippen LogP contribution < -0.4 is 0 Å². The first kappa shape index (κ1) is 21.4. The summed E-state index contributed by atoms with van der Waals surface area (Å²) in [6, 6.07) is 24.0. The van der Waals surface area contributed by atoms with Gasteiger partial charge >= 0.3 is 33.0 Å². The van der Waals surface area contributed by atoms with Gasteiger partial charge in [0.25, 0.3) is 0 Å². The largest absolute Gasteiger partial charge is 0.0623 e. The molecule has 115 valence electrons. The van der Waals surface area contributed by atoms with Crippen LogP contribution in [0.2, 0.25) is 0 Å². The third kappa shape index (κ3) is 36.0. The van der Waals surface area contributed by atoms with Crippen molar-refractivity contribution >= 4 is 7.81 Å². The van der Waals surface area contributed by atoms with E-state index >= 15 is 0 Å². The Kier molecular flexibility index (Phi) is 8.31. The second-order valence-corrected chi connectivity index (χ2v) is 5.18. The van der Waals surface area contributed by atoms with Crippen molar-refractivity contribution in [1.29, 1.82) is 0 Å². The van der Waals surface area contributed by atoms with Gasteiger partial charge in [-0.15, -0.1) is 0 Å². The van der Waals surface area contributed by atoms with Gasteiger partial charge in [-0.3, -0.25) is 0 Å². The predicted octanol–water partition coefficient (Wildman–Crippen LogP) is 6.75. The van der Waals surface area contributed by atoms with Crippen LogP contribution in [0.5, 0.6) is 0 Å². The van der Waals surface area contributed by atoms with E-state index < -0.39 is 7.81 Å². The molecular weight excluding hydrogens is 387 g/mol. The van der Waals surface area contributed by atoms with Crippen LogP contribution in [-0.4, -0.2) is 0 Å². The van der Waals surface area contributed by atoms with Crippen molar-refractivity contribution in [2.75, 3.05) is 0 Å². The van der Waals surface area contributed by atoms with Crippen LogP contribution in [0.4, 0.5) is 25.2 Å². The van der Waals surface area contributed by atoms with E-state index in [4.69, 9.17) is 0 Å². The fraction of sp³-hybridized carbons (Fsp3) is 0. The van der Waals surface area contributed by atoms with Gasteiger partial charge in [0.2, 0.25) is 0 Å². The third-order valence-electron chi connectivity index (χ3n) is 1.33. The Labute approximate surface area is 126 Å². The van der Waals surface area contributed by atoms with Crippen LogP contribution in [0.25, 0.3) is 0 Å². The Hall–Kier alpha value is -0.901.